The zero-order valence-corrected chi connectivity index (χ0v) is 13.3. The van der Waals surface area contributed by atoms with Crippen molar-refractivity contribution >= 4 is 21.6 Å². The molecule has 0 bridgehead atoms. The van der Waals surface area contributed by atoms with E-state index in [-0.39, 0.29) is 0 Å². The first-order valence-electron chi connectivity index (χ1n) is 6.76. The van der Waals surface area contributed by atoms with Crippen LogP contribution in [0.5, 0.6) is 0 Å². The Balaban J connectivity index is 1.89. The number of halogens is 1. The lowest BCUT2D eigenvalue weighted by Gasteiger charge is -2.02. The zero-order chi connectivity index (χ0) is 14.8. The highest BCUT2D eigenvalue weighted by atomic mass is 79.9. The van der Waals surface area contributed by atoms with Crippen LogP contribution in [0.15, 0.2) is 59.2 Å². The predicted octanol–water partition coefficient (Wildman–Crippen LogP) is 4.25. The minimum absolute atomic E-state index is 0.695. The van der Waals surface area contributed by atoms with Crippen molar-refractivity contribution in [2.45, 2.75) is 13.5 Å². The number of hydrogen-bond donors (Lipinski definition) is 1. The molecule has 0 aliphatic rings. The van der Waals surface area contributed by atoms with Crippen molar-refractivity contribution in [3.05, 3.63) is 70.3 Å². The summed E-state index contributed by atoms with van der Waals surface area (Å²) in [5.41, 5.74) is 11.1. The molecule has 0 amide bonds. The first-order valence-corrected chi connectivity index (χ1v) is 7.55. The second-order valence-corrected chi connectivity index (χ2v) is 6.04. The lowest BCUT2D eigenvalue weighted by molar-refractivity contribution is 0.689. The fourth-order valence-corrected chi connectivity index (χ4v) is 2.66. The number of rotatable bonds is 3. The van der Waals surface area contributed by atoms with E-state index in [0.29, 0.717) is 5.69 Å². The van der Waals surface area contributed by atoms with Gasteiger partial charge in [0.15, 0.2) is 0 Å². The summed E-state index contributed by atoms with van der Waals surface area (Å²) in [5.74, 6) is 0. The largest absolute Gasteiger partial charge is 0.396 e. The average Bonchev–Trinajstić information content (AvgIpc) is 2.82. The fraction of sp³-hybridized carbons (Fsp3) is 0.118. The molecule has 0 saturated carbocycles. The monoisotopic (exact) mass is 341 g/mol. The summed E-state index contributed by atoms with van der Waals surface area (Å²) in [6, 6.07) is 16.5. The van der Waals surface area contributed by atoms with Gasteiger partial charge in [-0.05, 0) is 24.6 Å². The molecule has 1 aromatic heterocycles. The molecular weight excluding hydrogens is 326 g/mol. The minimum atomic E-state index is 0.695. The Morgan fingerprint density at radius 1 is 1.14 bits per heavy atom. The summed E-state index contributed by atoms with van der Waals surface area (Å²) in [4.78, 5) is 0. The predicted molar refractivity (Wildman–Crippen MR) is 90.1 cm³/mol. The first kappa shape index (κ1) is 13.9. The number of nitrogens with two attached hydrogens (primary N) is 1. The number of aromatic nitrogens is 2. The molecule has 0 radical (unpaired) electrons. The zero-order valence-electron chi connectivity index (χ0n) is 11.8. The molecule has 3 rings (SSSR count). The summed E-state index contributed by atoms with van der Waals surface area (Å²) < 4.78 is 2.91. The third-order valence-corrected chi connectivity index (χ3v) is 3.85. The summed E-state index contributed by atoms with van der Waals surface area (Å²) in [6.07, 6.45) is 1.89. The van der Waals surface area contributed by atoms with E-state index in [9.17, 15) is 0 Å². The van der Waals surface area contributed by atoms with Crippen LogP contribution in [0.3, 0.4) is 0 Å². The van der Waals surface area contributed by atoms with E-state index in [1.54, 1.807) is 0 Å². The van der Waals surface area contributed by atoms with Crippen LogP contribution < -0.4 is 5.73 Å². The molecule has 0 unspecified atom stereocenters. The quantitative estimate of drug-likeness (QED) is 0.773. The maximum Gasteiger partial charge on any atom is 0.115 e. The molecule has 2 aromatic carbocycles. The van der Waals surface area contributed by atoms with E-state index in [1.807, 2.05) is 35.1 Å². The molecule has 0 aliphatic carbocycles. The van der Waals surface area contributed by atoms with Gasteiger partial charge in [-0.25, -0.2) is 0 Å². The van der Waals surface area contributed by atoms with Crippen LogP contribution in [0.4, 0.5) is 5.69 Å². The Hall–Kier alpha value is -2.07. The maximum absolute atomic E-state index is 6.10. The fourth-order valence-electron chi connectivity index (χ4n) is 2.26. The number of aryl methyl sites for hydroxylation is 1. The Bertz CT molecular complexity index is 760. The number of hydrogen-bond acceptors (Lipinski definition) is 2. The number of nitrogen functional groups attached to an aromatic ring is 1. The van der Waals surface area contributed by atoms with Crippen molar-refractivity contribution in [1.29, 1.82) is 0 Å². The van der Waals surface area contributed by atoms with Gasteiger partial charge in [-0.1, -0.05) is 57.9 Å². The van der Waals surface area contributed by atoms with Crippen LogP contribution in [-0.2, 0) is 6.54 Å². The lowest BCUT2D eigenvalue weighted by atomic mass is 10.1. The summed E-state index contributed by atoms with van der Waals surface area (Å²) in [5, 5.41) is 4.61. The van der Waals surface area contributed by atoms with Crippen LogP contribution in [0.2, 0.25) is 0 Å². The average molecular weight is 342 g/mol. The highest BCUT2D eigenvalue weighted by molar-refractivity contribution is 9.10. The molecule has 0 fully saturated rings. The van der Waals surface area contributed by atoms with Crippen LogP contribution in [0.1, 0.15) is 11.1 Å². The molecule has 2 N–H and O–H groups in total. The second-order valence-electron chi connectivity index (χ2n) is 5.13. The number of anilines is 1. The summed E-state index contributed by atoms with van der Waals surface area (Å²) >= 11 is 3.48. The summed E-state index contributed by atoms with van der Waals surface area (Å²) in [6.45, 7) is 2.81. The molecular formula is C17H16BrN3. The third kappa shape index (κ3) is 3.16. The van der Waals surface area contributed by atoms with Crippen molar-refractivity contribution in [1.82, 2.24) is 9.78 Å². The number of benzene rings is 2. The minimum Gasteiger partial charge on any atom is -0.396 e. The molecule has 4 heteroatoms. The number of nitrogens with zero attached hydrogens (tertiary/aromatic N) is 2. The molecule has 21 heavy (non-hydrogen) atoms. The Morgan fingerprint density at radius 2 is 1.90 bits per heavy atom. The van der Waals surface area contributed by atoms with Gasteiger partial charge < -0.3 is 5.73 Å². The van der Waals surface area contributed by atoms with E-state index in [1.165, 1.54) is 11.1 Å². The van der Waals surface area contributed by atoms with Gasteiger partial charge in [0.25, 0.3) is 0 Å². The molecule has 1 heterocycles. The first-order chi connectivity index (χ1) is 10.1. The highest BCUT2D eigenvalue weighted by Gasteiger charge is 2.09. The standard InChI is InChI=1S/C17H16BrN3/c1-12-5-7-13(8-6-12)10-21-11-16(19)17(20-21)14-3-2-4-15(18)9-14/h2-9,11H,10,19H2,1H3. The molecule has 0 spiro atoms. The van der Waals surface area contributed by atoms with Crippen molar-refractivity contribution in [2.24, 2.45) is 0 Å². The van der Waals surface area contributed by atoms with Gasteiger partial charge in [-0.2, -0.15) is 5.10 Å². The summed E-state index contributed by atoms with van der Waals surface area (Å²) in [7, 11) is 0. The normalized spacial score (nSPS) is 10.8. The van der Waals surface area contributed by atoms with Crippen molar-refractivity contribution in [2.75, 3.05) is 5.73 Å². The van der Waals surface area contributed by atoms with Crippen LogP contribution in [0, 0.1) is 6.92 Å². The van der Waals surface area contributed by atoms with E-state index < -0.39 is 0 Å². The molecule has 106 valence electrons. The van der Waals surface area contributed by atoms with E-state index in [2.05, 4.69) is 52.2 Å². The topological polar surface area (TPSA) is 43.8 Å². The van der Waals surface area contributed by atoms with Gasteiger partial charge in [-0.3, -0.25) is 4.68 Å². The van der Waals surface area contributed by atoms with E-state index in [0.717, 1.165) is 22.3 Å². The van der Waals surface area contributed by atoms with Crippen LogP contribution in [0.25, 0.3) is 11.3 Å². The maximum atomic E-state index is 6.10. The molecule has 0 aliphatic heterocycles. The smallest absolute Gasteiger partial charge is 0.115 e. The molecule has 3 aromatic rings. The van der Waals surface area contributed by atoms with Crippen LogP contribution >= 0.6 is 15.9 Å². The SMILES string of the molecule is Cc1ccc(Cn2cc(N)c(-c3cccc(Br)c3)n2)cc1. The van der Waals surface area contributed by atoms with Crippen molar-refractivity contribution < 1.29 is 0 Å². The Morgan fingerprint density at radius 3 is 2.62 bits per heavy atom. The lowest BCUT2D eigenvalue weighted by Crippen LogP contribution is -2.00. The van der Waals surface area contributed by atoms with Gasteiger partial charge in [0.1, 0.15) is 5.69 Å². The van der Waals surface area contributed by atoms with E-state index >= 15 is 0 Å². The molecule has 3 nitrogen and oxygen atoms in total. The van der Waals surface area contributed by atoms with Gasteiger partial charge >= 0.3 is 0 Å². The van der Waals surface area contributed by atoms with Crippen molar-refractivity contribution in [3.63, 3.8) is 0 Å². The highest BCUT2D eigenvalue weighted by Crippen LogP contribution is 2.26. The second kappa shape index (κ2) is 5.74. The van der Waals surface area contributed by atoms with Gasteiger partial charge in [0, 0.05) is 16.2 Å². The molecule has 0 atom stereocenters. The van der Waals surface area contributed by atoms with Gasteiger partial charge in [0.05, 0.1) is 12.2 Å². The Kier molecular flexibility index (Phi) is 3.80. The third-order valence-electron chi connectivity index (χ3n) is 3.35. The Labute approximate surface area is 132 Å². The molecule has 0 saturated heterocycles. The van der Waals surface area contributed by atoms with Crippen LogP contribution in [-0.4, -0.2) is 9.78 Å². The van der Waals surface area contributed by atoms with Gasteiger partial charge in [0.2, 0.25) is 0 Å². The van der Waals surface area contributed by atoms with Gasteiger partial charge in [-0.15, -0.1) is 0 Å². The van der Waals surface area contributed by atoms with E-state index in [4.69, 9.17) is 5.73 Å². The van der Waals surface area contributed by atoms with Crippen molar-refractivity contribution in [3.8, 4) is 11.3 Å².